The molecular formula is C19H40O4S. The minimum Gasteiger partial charge on any atom is -0.248 e. The van der Waals surface area contributed by atoms with Crippen LogP contribution in [0.25, 0.3) is 0 Å². The summed E-state index contributed by atoms with van der Waals surface area (Å²) in [5.41, 5.74) is 0. The topological polar surface area (TPSA) is 52.6 Å². The summed E-state index contributed by atoms with van der Waals surface area (Å²) in [6.45, 7) is 4.26. The van der Waals surface area contributed by atoms with Crippen LogP contribution in [0, 0.1) is 0 Å². The quantitative estimate of drug-likeness (QED) is 0.258. The standard InChI is InChI=1S/C19H40O4S/c1-3-5-6-7-8-9-10-11-12-13-14-15-16-17-18-19-23-24(20,21)22-4-2/h3-19H2,1-2H3. The van der Waals surface area contributed by atoms with Crippen molar-refractivity contribution in [3.63, 3.8) is 0 Å². The van der Waals surface area contributed by atoms with Gasteiger partial charge in [0.2, 0.25) is 0 Å². The molecule has 0 fully saturated rings. The molecule has 0 saturated carbocycles. The Labute approximate surface area is 151 Å². The van der Waals surface area contributed by atoms with Crippen molar-refractivity contribution in [2.75, 3.05) is 13.2 Å². The van der Waals surface area contributed by atoms with Crippen LogP contribution in [-0.4, -0.2) is 21.6 Å². The summed E-state index contributed by atoms with van der Waals surface area (Å²) >= 11 is 0. The number of rotatable bonds is 19. The maximum Gasteiger partial charge on any atom is 0.399 e. The average molecular weight is 365 g/mol. The lowest BCUT2D eigenvalue weighted by Crippen LogP contribution is -2.10. The maximum atomic E-state index is 11.1. The summed E-state index contributed by atoms with van der Waals surface area (Å²) < 4.78 is 31.5. The third kappa shape index (κ3) is 18.2. The Morgan fingerprint density at radius 3 is 1.29 bits per heavy atom. The van der Waals surface area contributed by atoms with Crippen LogP contribution in [0.15, 0.2) is 0 Å². The van der Waals surface area contributed by atoms with Crippen molar-refractivity contribution in [2.24, 2.45) is 0 Å². The van der Waals surface area contributed by atoms with E-state index in [4.69, 9.17) is 4.18 Å². The van der Waals surface area contributed by atoms with Crippen LogP contribution in [-0.2, 0) is 18.8 Å². The zero-order chi connectivity index (χ0) is 17.9. The van der Waals surface area contributed by atoms with Crippen LogP contribution in [0.3, 0.4) is 0 Å². The largest absolute Gasteiger partial charge is 0.399 e. The number of unbranched alkanes of at least 4 members (excludes halogenated alkanes) is 14. The van der Waals surface area contributed by atoms with E-state index in [1.807, 2.05) is 0 Å². The first-order valence-corrected chi connectivity index (χ1v) is 11.5. The van der Waals surface area contributed by atoms with Gasteiger partial charge >= 0.3 is 10.4 Å². The average Bonchev–Trinajstić information content (AvgIpc) is 2.54. The zero-order valence-electron chi connectivity index (χ0n) is 16.1. The molecule has 24 heavy (non-hydrogen) atoms. The molecule has 5 heteroatoms. The Balaban J connectivity index is 3.13. The van der Waals surface area contributed by atoms with Crippen LogP contribution < -0.4 is 0 Å². The highest BCUT2D eigenvalue weighted by atomic mass is 32.3. The smallest absolute Gasteiger partial charge is 0.248 e. The normalized spacial score (nSPS) is 11.9. The summed E-state index contributed by atoms with van der Waals surface area (Å²) in [6.07, 6.45) is 19.4. The van der Waals surface area contributed by atoms with Gasteiger partial charge in [0, 0.05) is 0 Å². The fraction of sp³-hybridized carbons (Fsp3) is 1.00. The molecule has 0 bridgehead atoms. The molecular weight excluding hydrogens is 324 g/mol. The zero-order valence-corrected chi connectivity index (χ0v) is 16.9. The molecule has 0 saturated heterocycles. The molecule has 0 aromatic heterocycles. The lowest BCUT2D eigenvalue weighted by molar-refractivity contribution is 0.218. The van der Waals surface area contributed by atoms with E-state index in [0.29, 0.717) is 0 Å². The van der Waals surface area contributed by atoms with E-state index >= 15 is 0 Å². The summed E-state index contributed by atoms with van der Waals surface area (Å²) in [7, 11) is -3.75. The summed E-state index contributed by atoms with van der Waals surface area (Å²) in [6, 6.07) is 0. The molecule has 0 aliphatic heterocycles. The molecule has 0 unspecified atom stereocenters. The van der Waals surface area contributed by atoms with Crippen molar-refractivity contribution in [3.8, 4) is 0 Å². The molecule has 0 aliphatic carbocycles. The second kappa shape index (κ2) is 17.7. The van der Waals surface area contributed by atoms with E-state index in [-0.39, 0.29) is 13.2 Å². The first-order valence-electron chi connectivity index (χ1n) is 10.2. The Bertz CT molecular complexity index is 341. The molecule has 0 spiro atoms. The second-order valence-electron chi connectivity index (χ2n) is 6.59. The lowest BCUT2D eigenvalue weighted by Gasteiger charge is -2.05. The van der Waals surface area contributed by atoms with E-state index in [9.17, 15) is 8.42 Å². The van der Waals surface area contributed by atoms with E-state index in [1.54, 1.807) is 6.92 Å². The Morgan fingerprint density at radius 2 is 0.917 bits per heavy atom. The lowest BCUT2D eigenvalue weighted by atomic mass is 10.0. The fourth-order valence-corrected chi connectivity index (χ4v) is 3.49. The van der Waals surface area contributed by atoms with Crippen molar-refractivity contribution in [2.45, 2.75) is 110 Å². The highest BCUT2D eigenvalue weighted by molar-refractivity contribution is 7.81. The predicted molar refractivity (Wildman–Crippen MR) is 101 cm³/mol. The molecule has 0 heterocycles. The SMILES string of the molecule is CCCCCCCCCCCCCCCCCOS(=O)(=O)OCC. The van der Waals surface area contributed by atoms with Crippen LogP contribution in [0.5, 0.6) is 0 Å². The molecule has 0 amide bonds. The van der Waals surface area contributed by atoms with Crippen molar-refractivity contribution >= 4 is 10.4 Å². The van der Waals surface area contributed by atoms with Crippen LogP contribution in [0.4, 0.5) is 0 Å². The van der Waals surface area contributed by atoms with Gasteiger partial charge in [-0.3, -0.25) is 0 Å². The predicted octanol–water partition coefficient (Wildman–Crippen LogP) is 6.16. The highest BCUT2D eigenvalue weighted by Crippen LogP contribution is 2.13. The second-order valence-corrected chi connectivity index (χ2v) is 7.87. The van der Waals surface area contributed by atoms with Crippen LogP contribution in [0.1, 0.15) is 110 Å². The van der Waals surface area contributed by atoms with Gasteiger partial charge in [0.15, 0.2) is 0 Å². The highest BCUT2D eigenvalue weighted by Gasteiger charge is 2.09. The van der Waals surface area contributed by atoms with Crippen molar-refractivity contribution in [1.29, 1.82) is 0 Å². The van der Waals surface area contributed by atoms with Crippen molar-refractivity contribution in [3.05, 3.63) is 0 Å². The summed E-state index contributed by atoms with van der Waals surface area (Å²) in [5.74, 6) is 0. The van der Waals surface area contributed by atoms with Gasteiger partial charge in [-0.25, -0.2) is 8.37 Å². The third-order valence-corrected chi connectivity index (χ3v) is 5.22. The summed E-state index contributed by atoms with van der Waals surface area (Å²) in [5, 5.41) is 0. The summed E-state index contributed by atoms with van der Waals surface area (Å²) in [4.78, 5) is 0. The van der Waals surface area contributed by atoms with Crippen molar-refractivity contribution < 1.29 is 16.8 Å². The number of hydrogen-bond donors (Lipinski definition) is 0. The Kier molecular flexibility index (Phi) is 17.6. The van der Waals surface area contributed by atoms with E-state index in [2.05, 4.69) is 11.1 Å². The van der Waals surface area contributed by atoms with Crippen LogP contribution in [0.2, 0.25) is 0 Å². The molecule has 4 nitrogen and oxygen atoms in total. The molecule has 146 valence electrons. The fourth-order valence-electron chi connectivity index (χ4n) is 2.81. The van der Waals surface area contributed by atoms with Gasteiger partial charge in [-0.2, -0.15) is 8.42 Å². The molecule has 0 rings (SSSR count). The number of hydrogen-bond acceptors (Lipinski definition) is 4. The molecule has 0 N–H and O–H groups in total. The van der Waals surface area contributed by atoms with Crippen LogP contribution >= 0.6 is 0 Å². The van der Waals surface area contributed by atoms with Gasteiger partial charge in [-0.15, -0.1) is 0 Å². The first kappa shape index (κ1) is 23.9. The van der Waals surface area contributed by atoms with E-state index < -0.39 is 10.4 Å². The minimum absolute atomic E-state index is 0.126. The van der Waals surface area contributed by atoms with Gasteiger partial charge in [-0.05, 0) is 13.3 Å². The van der Waals surface area contributed by atoms with Gasteiger partial charge < -0.3 is 0 Å². The third-order valence-electron chi connectivity index (χ3n) is 4.24. The van der Waals surface area contributed by atoms with E-state index in [0.717, 1.165) is 19.3 Å². The van der Waals surface area contributed by atoms with Crippen molar-refractivity contribution in [1.82, 2.24) is 0 Å². The minimum atomic E-state index is -3.75. The Hall–Kier alpha value is -0.130. The van der Waals surface area contributed by atoms with Gasteiger partial charge in [0.1, 0.15) is 0 Å². The molecule has 0 aromatic carbocycles. The van der Waals surface area contributed by atoms with E-state index in [1.165, 1.54) is 77.0 Å². The van der Waals surface area contributed by atoms with Gasteiger partial charge in [0.05, 0.1) is 13.2 Å². The van der Waals surface area contributed by atoms with Gasteiger partial charge in [-0.1, -0.05) is 96.8 Å². The molecule has 0 atom stereocenters. The molecule has 0 aromatic rings. The Morgan fingerprint density at radius 1 is 0.542 bits per heavy atom. The molecule has 0 aliphatic rings. The monoisotopic (exact) mass is 364 g/mol. The maximum absolute atomic E-state index is 11.1. The molecule has 0 radical (unpaired) electrons. The first-order chi connectivity index (χ1) is 11.6. The van der Waals surface area contributed by atoms with Gasteiger partial charge in [0.25, 0.3) is 0 Å².